The maximum Gasteiger partial charge on any atom is 0.184 e. The van der Waals surface area contributed by atoms with Crippen LogP contribution in [0.15, 0.2) is 12.2 Å². The van der Waals surface area contributed by atoms with E-state index in [9.17, 15) is 0 Å². The van der Waals surface area contributed by atoms with Gasteiger partial charge in [0.15, 0.2) is 8.32 Å². The van der Waals surface area contributed by atoms with Gasteiger partial charge in [-0.25, -0.2) is 0 Å². The van der Waals surface area contributed by atoms with Crippen LogP contribution < -0.4 is 0 Å². The van der Waals surface area contributed by atoms with Gasteiger partial charge in [-0.2, -0.15) is 0 Å². The number of rotatable bonds is 2. The molecule has 0 saturated carbocycles. The van der Waals surface area contributed by atoms with Gasteiger partial charge in [-0.3, -0.25) is 0 Å². The predicted molar refractivity (Wildman–Crippen MR) is 68.5 cm³/mol. The summed E-state index contributed by atoms with van der Waals surface area (Å²) in [5.74, 6) is 0. The van der Waals surface area contributed by atoms with Crippen LogP contribution in [0.5, 0.6) is 0 Å². The molecular weight excluding hydrogens is 256 g/mol. The maximum atomic E-state index is 6.18. The van der Waals surface area contributed by atoms with Crippen molar-refractivity contribution in [3.8, 4) is 0 Å². The van der Waals surface area contributed by atoms with Crippen molar-refractivity contribution in [1.29, 1.82) is 0 Å². The van der Waals surface area contributed by atoms with Crippen LogP contribution >= 0.6 is 15.9 Å². The third kappa shape index (κ3) is 4.76. The SMILES string of the molecule is C[Si](C)(C)O[C@@H]1CCC=CCC[C@H]1Br. The third-order valence-corrected chi connectivity index (χ3v) is 4.36. The zero-order chi connectivity index (χ0) is 10.6. The Bertz CT molecular complexity index is 198. The minimum Gasteiger partial charge on any atom is -0.414 e. The number of allylic oxidation sites excluding steroid dienone is 2. The Morgan fingerprint density at radius 3 is 2.29 bits per heavy atom. The lowest BCUT2D eigenvalue weighted by Crippen LogP contribution is -2.37. The molecule has 0 aliphatic heterocycles. The Balaban J connectivity index is 2.51. The molecule has 3 heteroatoms. The molecule has 82 valence electrons. The van der Waals surface area contributed by atoms with Crippen molar-refractivity contribution in [2.24, 2.45) is 0 Å². The Morgan fingerprint density at radius 2 is 1.71 bits per heavy atom. The second kappa shape index (κ2) is 5.47. The molecule has 1 aliphatic carbocycles. The highest BCUT2D eigenvalue weighted by Crippen LogP contribution is 2.25. The van der Waals surface area contributed by atoms with Gasteiger partial charge in [0, 0.05) is 4.83 Å². The minimum atomic E-state index is -1.38. The molecule has 0 fully saturated rings. The van der Waals surface area contributed by atoms with Crippen LogP contribution in [0.4, 0.5) is 0 Å². The summed E-state index contributed by atoms with van der Waals surface area (Å²) in [5, 5.41) is 0. The van der Waals surface area contributed by atoms with Gasteiger partial charge in [-0.15, -0.1) is 0 Å². The predicted octanol–water partition coefficient (Wildman–Crippen LogP) is 4.10. The van der Waals surface area contributed by atoms with Crippen molar-refractivity contribution in [2.75, 3.05) is 0 Å². The van der Waals surface area contributed by atoms with Crippen molar-refractivity contribution in [2.45, 2.75) is 56.3 Å². The van der Waals surface area contributed by atoms with Gasteiger partial charge in [0.25, 0.3) is 0 Å². The first-order valence-corrected chi connectivity index (χ1v) is 9.78. The molecular formula is C11H21BrOSi. The number of hydrogen-bond donors (Lipinski definition) is 0. The summed E-state index contributed by atoms with van der Waals surface area (Å²) >= 11 is 3.76. The average Bonchev–Trinajstić information content (AvgIpc) is 2.03. The lowest BCUT2D eigenvalue weighted by molar-refractivity contribution is 0.179. The molecule has 1 rings (SSSR count). The Kier molecular flexibility index (Phi) is 4.87. The van der Waals surface area contributed by atoms with Crippen LogP contribution in [-0.4, -0.2) is 19.2 Å². The van der Waals surface area contributed by atoms with E-state index in [4.69, 9.17) is 4.43 Å². The summed E-state index contributed by atoms with van der Waals surface area (Å²) in [6.07, 6.45) is 9.71. The van der Waals surface area contributed by atoms with E-state index in [-0.39, 0.29) is 0 Å². The van der Waals surface area contributed by atoms with Crippen molar-refractivity contribution >= 4 is 24.2 Å². The molecule has 2 atom stereocenters. The Labute approximate surface area is 97.2 Å². The average molecular weight is 277 g/mol. The lowest BCUT2D eigenvalue weighted by atomic mass is 10.0. The molecule has 1 aliphatic rings. The quantitative estimate of drug-likeness (QED) is 0.419. The van der Waals surface area contributed by atoms with Gasteiger partial charge >= 0.3 is 0 Å². The summed E-state index contributed by atoms with van der Waals surface area (Å²) in [7, 11) is -1.38. The molecule has 14 heavy (non-hydrogen) atoms. The van der Waals surface area contributed by atoms with Gasteiger partial charge in [0.1, 0.15) is 0 Å². The summed E-state index contributed by atoms with van der Waals surface area (Å²) in [6, 6.07) is 0. The van der Waals surface area contributed by atoms with E-state index >= 15 is 0 Å². The first-order chi connectivity index (χ1) is 6.49. The first-order valence-electron chi connectivity index (χ1n) is 5.46. The third-order valence-electron chi connectivity index (χ3n) is 2.30. The molecule has 0 bridgehead atoms. The van der Waals surface area contributed by atoms with Crippen LogP contribution in [0.1, 0.15) is 25.7 Å². The smallest absolute Gasteiger partial charge is 0.184 e. The van der Waals surface area contributed by atoms with Crippen molar-refractivity contribution in [1.82, 2.24) is 0 Å². The van der Waals surface area contributed by atoms with Crippen molar-refractivity contribution < 1.29 is 4.43 Å². The monoisotopic (exact) mass is 276 g/mol. The number of halogens is 1. The van der Waals surface area contributed by atoms with E-state index in [1.807, 2.05) is 0 Å². The molecule has 0 heterocycles. The van der Waals surface area contributed by atoms with Crippen molar-refractivity contribution in [3.63, 3.8) is 0 Å². The van der Waals surface area contributed by atoms with E-state index in [2.05, 4.69) is 47.7 Å². The molecule has 0 unspecified atom stereocenters. The maximum absolute atomic E-state index is 6.18. The molecule has 1 nitrogen and oxygen atoms in total. The molecule has 0 spiro atoms. The molecule has 0 saturated heterocycles. The number of hydrogen-bond acceptors (Lipinski definition) is 1. The molecule has 0 aromatic carbocycles. The first kappa shape index (κ1) is 12.5. The zero-order valence-electron chi connectivity index (χ0n) is 9.42. The summed E-state index contributed by atoms with van der Waals surface area (Å²) < 4.78 is 6.18. The summed E-state index contributed by atoms with van der Waals surface area (Å²) in [4.78, 5) is 0.541. The highest BCUT2D eigenvalue weighted by Gasteiger charge is 2.26. The van der Waals surface area contributed by atoms with Crippen LogP contribution in [0, 0.1) is 0 Å². The van der Waals surface area contributed by atoms with Crippen LogP contribution in [0.3, 0.4) is 0 Å². The molecule has 0 aromatic rings. The van der Waals surface area contributed by atoms with E-state index in [0.717, 1.165) is 12.8 Å². The summed E-state index contributed by atoms with van der Waals surface area (Å²) in [6.45, 7) is 6.80. The van der Waals surface area contributed by atoms with Gasteiger partial charge in [0.05, 0.1) is 6.10 Å². The second-order valence-electron chi connectivity index (χ2n) is 4.91. The Hall–Kier alpha value is 0.397. The number of alkyl halides is 1. The fraction of sp³-hybridized carbons (Fsp3) is 0.818. The fourth-order valence-electron chi connectivity index (χ4n) is 1.71. The van der Waals surface area contributed by atoms with Gasteiger partial charge < -0.3 is 4.43 Å². The fourth-order valence-corrected chi connectivity index (χ4v) is 3.73. The van der Waals surface area contributed by atoms with Crippen molar-refractivity contribution in [3.05, 3.63) is 12.2 Å². The summed E-state index contributed by atoms with van der Waals surface area (Å²) in [5.41, 5.74) is 0. The van der Waals surface area contributed by atoms with E-state index in [0.29, 0.717) is 10.9 Å². The minimum absolute atomic E-state index is 0.423. The Morgan fingerprint density at radius 1 is 1.14 bits per heavy atom. The van der Waals surface area contributed by atoms with Gasteiger partial charge in [0.2, 0.25) is 0 Å². The van der Waals surface area contributed by atoms with E-state index < -0.39 is 8.32 Å². The normalized spacial score (nSPS) is 29.7. The molecule has 0 N–H and O–H groups in total. The highest BCUT2D eigenvalue weighted by molar-refractivity contribution is 9.09. The standard InChI is InChI=1S/C11H21BrOSi/c1-14(2,3)13-11-9-7-5-4-6-8-10(11)12/h4-5,10-11H,6-9H2,1-3H3/t10-,11-/m1/s1. The zero-order valence-corrected chi connectivity index (χ0v) is 12.0. The molecule has 0 radical (unpaired) electrons. The molecule has 0 amide bonds. The van der Waals surface area contributed by atoms with E-state index in [1.54, 1.807) is 0 Å². The van der Waals surface area contributed by atoms with Crippen LogP contribution in [0.2, 0.25) is 19.6 Å². The topological polar surface area (TPSA) is 9.23 Å². The lowest BCUT2D eigenvalue weighted by Gasteiger charge is -2.30. The molecule has 0 aromatic heterocycles. The van der Waals surface area contributed by atoms with Crippen LogP contribution in [0.25, 0.3) is 0 Å². The van der Waals surface area contributed by atoms with E-state index in [1.165, 1.54) is 12.8 Å². The largest absolute Gasteiger partial charge is 0.414 e. The van der Waals surface area contributed by atoms with Crippen LogP contribution in [-0.2, 0) is 4.43 Å². The van der Waals surface area contributed by atoms with Gasteiger partial charge in [-0.05, 0) is 45.3 Å². The second-order valence-corrected chi connectivity index (χ2v) is 10.5. The highest BCUT2D eigenvalue weighted by atomic mass is 79.9. The van der Waals surface area contributed by atoms with Gasteiger partial charge in [-0.1, -0.05) is 28.1 Å².